The van der Waals surface area contributed by atoms with E-state index in [0.29, 0.717) is 32.1 Å². The summed E-state index contributed by atoms with van der Waals surface area (Å²) in [6.07, 6.45) is 97.5. The number of phosphoric ester groups is 2. The third kappa shape index (κ3) is 80.5. The molecule has 0 fully saturated rings. The molecule has 110 heavy (non-hydrogen) atoms. The summed E-state index contributed by atoms with van der Waals surface area (Å²) in [5, 5.41) is 10.7. The summed E-state index contributed by atoms with van der Waals surface area (Å²) >= 11 is 0. The molecule has 0 heterocycles. The Morgan fingerprint density at radius 1 is 0.264 bits per heavy atom. The Morgan fingerprint density at radius 3 is 0.764 bits per heavy atom. The van der Waals surface area contributed by atoms with E-state index in [-0.39, 0.29) is 25.7 Å². The molecule has 19 heteroatoms. The van der Waals surface area contributed by atoms with Crippen LogP contribution in [0.15, 0.2) is 170 Å². The Balaban J connectivity index is 5.47. The van der Waals surface area contributed by atoms with Crippen molar-refractivity contribution in [3.05, 3.63) is 170 Å². The van der Waals surface area contributed by atoms with Gasteiger partial charge in [0, 0.05) is 25.7 Å². The smallest absolute Gasteiger partial charge is 0.462 e. The van der Waals surface area contributed by atoms with Crippen molar-refractivity contribution >= 4 is 39.5 Å². The van der Waals surface area contributed by atoms with Crippen molar-refractivity contribution in [3.8, 4) is 0 Å². The monoisotopic (exact) mass is 1580 g/mol. The molecule has 17 nitrogen and oxygen atoms in total. The molecule has 0 rings (SSSR count). The van der Waals surface area contributed by atoms with E-state index in [2.05, 4.69) is 186 Å². The topological polar surface area (TPSA) is 237 Å². The number of unbranched alkanes of at least 4 members (excludes halogenated alkanes) is 24. The first kappa shape index (κ1) is 104. The summed E-state index contributed by atoms with van der Waals surface area (Å²) in [7, 11) is -10.0. The first-order valence-corrected chi connectivity index (χ1v) is 45.4. The quantitative estimate of drug-likeness (QED) is 0.0169. The number of ether oxygens (including phenoxy) is 4. The van der Waals surface area contributed by atoms with Crippen LogP contribution in [0.4, 0.5) is 0 Å². The fourth-order valence-corrected chi connectivity index (χ4v) is 12.4. The number of aliphatic hydroxyl groups is 1. The number of rotatable bonds is 78. The molecule has 5 unspecified atom stereocenters. The summed E-state index contributed by atoms with van der Waals surface area (Å²) in [4.78, 5) is 73.3. The Labute approximate surface area is 667 Å². The van der Waals surface area contributed by atoms with Crippen LogP contribution >= 0.6 is 15.6 Å². The zero-order valence-electron chi connectivity index (χ0n) is 68.6. The van der Waals surface area contributed by atoms with Crippen LogP contribution in [0.5, 0.6) is 0 Å². The van der Waals surface area contributed by atoms with Crippen LogP contribution in [0.25, 0.3) is 0 Å². The van der Waals surface area contributed by atoms with Gasteiger partial charge in [-0.25, -0.2) is 9.13 Å². The van der Waals surface area contributed by atoms with E-state index in [0.717, 1.165) is 218 Å². The van der Waals surface area contributed by atoms with Gasteiger partial charge in [0.15, 0.2) is 12.2 Å². The molecule has 0 saturated heterocycles. The zero-order chi connectivity index (χ0) is 80.3. The molecule has 0 aliphatic heterocycles. The summed E-state index contributed by atoms with van der Waals surface area (Å²) in [5.41, 5.74) is 0. The molecule has 0 spiro atoms. The van der Waals surface area contributed by atoms with Gasteiger partial charge in [-0.15, -0.1) is 0 Å². The van der Waals surface area contributed by atoms with Crippen molar-refractivity contribution in [2.24, 2.45) is 0 Å². The van der Waals surface area contributed by atoms with Crippen molar-refractivity contribution in [3.63, 3.8) is 0 Å². The first-order chi connectivity index (χ1) is 53.7. The van der Waals surface area contributed by atoms with Gasteiger partial charge in [-0.05, 0) is 167 Å². The highest BCUT2D eigenvalue weighted by molar-refractivity contribution is 7.47. The third-order valence-electron chi connectivity index (χ3n) is 17.2. The van der Waals surface area contributed by atoms with E-state index in [1.165, 1.54) is 19.3 Å². The van der Waals surface area contributed by atoms with E-state index < -0.39 is 97.5 Å². The lowest BCUT2D eigenvalue weighted by molar-refractivity contribution is -0.161. The van der Waals surface area contributed by atoms with Gasteiger partial charge in [-0.3, -0.25) is 37.3 Å². The average molecular weight is 1580 g/mol. The van der Waals surface area contributed by atoms with Crippen LogP contribution in [-0.2, 0) is 65.4 Å². The minimum atomic E-state index is -5.01. The van der Waals surface area contributed by atoms with Crippen LogP contribution in [-0.4, -0.2) is 96.7 Å². The SMILES string of the molecule is CC/C=C\C/C=C\C/C=C\C/C=C\C/C=C\CCCC(=O)OC(COC(=O)CCCCCCCC/C=C\C/C=C\C/C=C\CCCCC)COP(=O)(O)OCC(O)COP(=O)(O)OCC(COC(=O)CCCCCCCCC/C=C\C/C=C\C/C=C\CC)OC(=O)CCCCCCCCC/C=C\C/C=C\C/C=C\CC. The zero-order valence-corrected chi connectivity index (χ0v) is 70.4. The Hall–Kier alpha value is -5.58. The minimum absolute atomic E-state index is 0.00811. The maximum absolute atomic E-state index is 13.1. The van der Waals surface area contributed by atoms with Crippen LogP contribution in [0.1, 0.15) is 323 Å². The predicted octanol–water partition coefficient (Wildman–Crippen LogP) is 25.3. The normalized spacial score (nSPS) is 14.6. The first-order valence-electron chi connectivity index (χ1n) is 42.4. The molecule has 0 aromatic rings. The summed E-state index contributed by atoms with van der Waals surface area (Å²) in [5.74, 6) is -2.28. The van der Waals surface area contributed by atoms with E-state index in [9.17, 15) is 43.2 Å². The molecule has 0 bridgehead atoms. The van der Waals surface area contributed by atoms with Crippen molar-refractivity contribution in [2.45, 2.75) is 341 Å². The maximum atomic E-state index is 13.1. The lowest BCUT2D eigenvalue weighted by Gasteiger charge is -2.21. The Bertz CT molecular complexity index is 2750. The highest BCUT2D eigenvalue weighted by Crippen LogP contribution is 2.45. The number of aliphatic hydroxyl groups excluding tert-OH is 1. The molecule has 3 N–H and O–H groups in total. The Morgan fingerprint density at radius 2 is 0.482 bits per heavy atom. The molecule has 0 amide bonds. The fourth-order valence-electron chi connectivity index (χ4n) is 10.8. The Kier molecular flexibility index (Phi) is 77.3. The average Bonchev–Trinajstić information content (AvgIpc) is 0.900. The molecular weight excluding hydrogens is 1430 g/mol. The largest absolute Gasteiger partial charge is 0.472 e. The van der Waals surface area contributed by atoms with Gasteiger partial charge in [-0.1, -0.05) is 301 Å². The van der Waals surface area contributed by atoms with Gasteiger partial charge in [0.25, 0.3) is 0 Å². The van der Waals surface area contributed by atoms with Crippen molar-refractivity contribution in [2.75, 3.05) is 39.6 Å². The number of hydrogen-bond donors (Lipinski definition) is 3. The number of allylic oxidation sites excluding steroid dienone is 28. The van der Waals surface area contributed by atoms with Gasteiger partial charge in [0.2, 0.25) is 0 Å². The van der Waals surface area contributed by atoms with Gasteiger partial charge in [-0.2, -0.15) is 0 Å². The van der Waals surface area contributed by atoms with Gasteiger partial charge < -0.3 is 33.8 Å². The predicted molar refractivity (Wildman–Crippen MR) is 454 cm³/mol. The molecule has 5 atom stereocenters. The fraction of sp³-hybridized carbons (Fsp3) is 0.648. The molecule has 0 aromatic heterocycles. The third-order valence-corrected chi connectivity index (χ3v) is 19.1. The second-order valence-corrected chi connectivity index (χ2v) is 30.5. The van der Waals surface area contributed by atoms with E-state index >= 15 is 0 Å². The second-order valence-electron chi connectivity index (χ2n) is 27.6. The highest BCUT2D eigenvalue weighted by atomic mass is 31.2. The second kappa shape index (κ2) is 81.4. The van der Waals surface area contributed by atoms with Gasteiger partial charge in [0.05, 0.1) is 26.4 Å². The van der Waals surface area contributed by atoms with E-state index in [1.54, 1.807) is 0 Å². The molecule has 626 valence electrons. The number of esters is 4. The van der Waals surface area contributed by atoms with E-state index in [4.69, 9.17) is 37.0 Å². The number of carbonyl (C=O) groups excluding carboxylic acids is 4. The van der Waals surface area contributed by atoms with Crippen molar-refractivity contribution < 1.29 is 80.2 Å². The van der Waals surface area contributed by atoms with Gasteiger partial charge in [0.1, 0.15) is 19.3 Å². The van der Waals surface area contributed by atoms with Gasteiger partial charge >= 0.3 is 39.5 Å². The molecular formula is C91H150O17P2. The molecule has 0 aromatic carbocycles. The molecule has 0 radical (unpaired) electrons. The standard InChI is InChI=1S/C91H150O17P2/c1-5-9-13-17-21-25-29-33-37-41-42-46-48-52-56-60-64-68-72-76-89(94)102-82-87(108-91(96)78-74-70-66-62-58-54-50-45-40-36-32-28-24-20-16-12-8-4)84-106-110(99,100)104-80-85(92)79-103-109(97,98)105-83-86(107-90(95)77-73-69-65-61-57-53-49-44-39-35-31-27-23-19-15-11-7-3)81-101-88(93)75-71-67-63-59-55-51-47-43-38-34-30-26-22-18-14-10-6-2/h10-12,14-16,21-28,33-40,42,46,50,54,62,66,85-87,92H,5-9,13,17-20,29-32,41,43-45,47-49,51-53,55-61,63-65,67-84H2,1-4H3,(H,97,98)(H,99,100)/b14-10-,15-11-,16-12-,25-21-,26-22-,27-23-,28-24-,37-33-,38-34-,39-35-,40-36-,46-42-,54-50-,66-62-. The molecule has 0 saturated carbocycles. The van der Waals surface area contributed by atoms with Crippen LogP contribution in [0, 0.1) is 0 Å². The van der Waals surface area contributed by atoms with Crippen molar-refractivity contribution in [1.82, 2.24) is 0 Å². The maximum Gasteiger partial charge on any atom is 0.472 e. The summed E-state index contributed by atoms with van der Waals surface area (Å²) < 4.78 is 68.7. The van der Waals surface area contributed by atoms with Crippen LogP contribution in [0.3, 0.4) is 0 Å². The van der Waals surface area contributed by atoms with Crippen LogP contribution in [0.2, 0.25) is 0 Å². The van der Waals surface area contributed by atoms with Crippen molar-refractivity contribution in [1.29, 1.82) is 0 Å². The lowest BCUT2D eigenvalue weighted by Crippen LogP contribution is -2.30. The van der Waals surface area contributed by atoms with E-state index in [1.807, 2.05) is 12.2 Å². The minimum Gasteiger partial charge on any atom is -0.462 e. The molecule has 0 aliphatic carbocycles. The highest BCUT2D eigenvalue weighted by Gasteiger charge is 2.30. The number of hydrogen-bond acceptors (Lipinski definition) is 15. The van der Waals surface area contributed by atoms with Crippen LogP contribution < -0.4 is 0 Å². The molecule has 0 aliphatic rings. The lowest BCUT2D eigenvalue weighted by atomic mass is 10.1. The summed E-state index contributed by atoms with van der Waals surface area (Å²) in [6.45, 7) is 4.43. The number of carbonyl (C=O) groups is 4. The summed E-state index contributed by atoms with van der Waals surface area (Å²) in [6, 6.07) is 0. The number of phosphoric acid groups is 2.